The van der Waals surface area contributed by atoms with E-state index in [0.29, 0.717) is 6.54 Å². The second kappa shape index (κ2) is 5.19. The minimum Gasteiger partial charge on any atom is -0.394 e. The molecule has 0 aliphatic carbocycles. The maximum absolute atomic E-state index is 11.3. The Bertz CT molecular complexity index is 169. The molecular formula is C9H20N2O2. The summed E-state index contributed by atoms with van der Waals surface area (Å²) >= 11 is 0. The van der Waals surface area contributed by atoms with Crippen LogP contribution in [-0.4, -0.2) is 48.2 Å². The standard InChI is InChI=1S/C9H20N2O2/c1-5-11(4)8(13)6-10-9(2,3)7-12/h10,12H,5-7H2,1-4H3. The fraction of sp³-hybridized carbons (Fsp3) is 0.889. The van der Waals surface area contributed by atoms with Crippen molar-refractivity contribution in [2.45, 2.75) is 26.3 Å². The van der Waals surface area contributed by atoms with Crippen LogP contribution < -0.4 is 5.32 Å². The van der Waals surface area contributed by atoms with Crippen LogP contribution in [0.4, 0.5) is 0 Å². The average molecular weight is 188 g/mol. The zero-order chi connectivity index (χ0) is 10.5. The molecule has 13 heavy (non-hydrogen) atoms. The fourth-order valence-corrected chi connectivity index (χ4v) is 0.682. The van der Waals surface area contributed by atoms with Gasteiger partial charge in [-0.2, -0.15) is 0 Å². The van der Waals surface area contributed by atoms with Crippen LogP contribution >= 0.6 is 0 Å². The van der Waals surface area contributed by atoms with E-state index in [1.807, 2.05) is 20.8 Å². The van der Waals surface area contributed by atoms with E-state index >= 15 is 0 Å². The minimum absolute atomic E-state index is 0.0239. The van der Waals surface area contributed by atoms with Gasteiger partial charge in [-0.1, -0.05) is 0 Å². The number of aliphatic hydroxyl groups excluding tert-OH is 1. The SMILES string of the molecule is CCN(C)C(=O)CNC(C)(C)CO. The van der Waals surface area contributed by atoms with Crippen molar-refractivity contribution in [1.82, 2.24) is 10.2 Å². The van der Waals surface area contributed by atoms with Crippen LogP contribution in [-0.2, 0) is 4.79 Å². The number of hydrogen-bond donors (Lipinski definition) is 2. The molecule has 2 N–H and O–H groups in total. The predicted octanol–water partition coefficient (Wildman–Crippen LogP) is -0.175. The van der Waals surface area contributed by atoms with Crippen LogP contribution in [0.3, 0.4) is 0 Å². The molecule has 0 unspecified atom stereocenters. The number of hydrogen-bond acceptors (Lipinski definition) is 3. The van der Waals surface area contributed by atoms with E-state index in [4.69, 9.17) is 5.11 Å². The number of carbonyl (C=O) groups excluding carboxylic acids is 1. The van der Waals surface area contributed by atoms with E-state index in [9.17, 15) is 4.79 Å². The van der Waals surface area contributed by atoms with E-state index in [2.05, 4.69) is 5.32 Å². The molecule has 78 valence electrons. The quantitative estimate of drug-likeness (QED) is 0.629. The van der Waals surface area contributed by atoms with E-state index in [1.165, 1.54) is 0 Å². The molecule has 0 aromatic rings. The number of nitrogens with zero attached hydrogens (tertiary/aromatic N) is 1. The summed E-state index contributed by atoms with van der Waals surface area (Å²) in [6.45, 7) is 6.64. The van der Waals surface area contributed by atoms with Gasteiger partial charge in [-0.15, -0.1) is 0 Å². The molecule has 0 spiro atoms. The summed E-state index contributed by atoms with van der Waals surface area (Å²) < 4.78 is 0. The van der Waals surface area contributed by atoms with Gasteiger partial charge in [-0.05, 0) is 20.8 Å². The lowest BCUT2D eigenvalue weighted by atomic mass is 10.1. The van der Waals surface area contributed by atoms with Crippen molar-refractivity contribution in [3.8, 4) is 0 Å². The van der Waals surface area contributed by atoms with Crippen molar-refractivity contribution in [2.24, 2.45) is 0 Å². The number of likely N-dealkylation sites (N-methyl/N-ethyl adjacent to an activating group) is 1. The maximum Gasteiger partial charge on any atom is 0.236 e. The molecule has 0 heterocycles. The summed E-state index contributed by atoms with van der Waals surface area (Å²) in [5, 5.41) is 11.9. The summed E-state index contributed by atoms with van der Waals surface area (Å²) in [5.74, 6) is 0.0454. The van der Waals surface area contributed by atoms with E-state index in [0.717, 1.165) is 0 Å². The zero-order valence-corrected chi connectivity index (χ0v) is 8.92. The van der Waals surface area contributed by atoms with Gasteiger partial charge in [0, 0.05) is 19.1 Å². The molecule has 4 nitrogen and oxygen atoms in total. The lowest BCUT2D eigenvalue weighted by Crippen LogP contribution is -2.47. The van der Waals surface area contributed by atoms with Crippen LogP contribution in [0, 0.1) is 0 Å². The molecule has 4 heteroatoms. The molecule has 0 fully saturated rings. The number of rotatable bonds is 5. The zero-order valence-electron chi connectivity index (χ0n) is 8.92. The molecule has 0 rings (SSSR count). The molecule has 0 aromatic carbocycles. The third-order valence-electron chi connectivity index (χ3n) is 2.01. The Morgan fingerprint density at radius 2 is 2.08 bits per heavy atom. The van der Waals surface area contributed by atoms with Crippen LogP contribution in [0.5, 0.6) is 0 Å². The van der Waals surface area contributed by atoms with Gasteiger partial charge in [0.05, 0.1) is 13.2 Å². The average Bonchev–Trinajstić information content (AvgIpc) is 2.13. The van der Waals surface area contributed by atoms with Gasteiger partial charge in [0.1, 0.15) is 0 Å². The lowest BCUT2D eigenvalue weighted by Gasteiger charge is -2.24. The third kappa shape index (κ3) is 4.85. The van der Waals surface area contributed by atoms with Crippen LogP contribution in [0.15, 0.2) is 0 Å². The Labute approximate surface area is 79.9 Å². The van der Waals surface area contributed by atoms with Gasteiger partial charge in [0.15, 0.2) is 0 Å². The highest BCUT2D eigenvalue weighted by Crippen LogP contribution is 1.98. The normalized spacial score (nSPS) is 11.5. The van der Waals surface area contributed by atoms with E-state index < -0.39 is 0 Å². The maximum atomic E-state index is 11.3. The fourth-order valence-electron chi connectivity index (χ4n) is 0.682. The molecule has 0 atom stereocenters. The van der Waals surface area contributed by atoms with Gasteiger partial charge >= 0.3 is 0 Å². The second-order valence-electron chi connectivity index (χ2n) is 3.80. The highest BCUT2D eigenvalue weighted by Gasteiger charge is 2.17. The Balaban J connectivity index is 3.83. The first kappa shape index (κ1) is 12.4. The highest BCUT2D eigenvalue weighted by molar-refractivity contribution is 5.77. The largest absolute Gasteiger partial charge is 0.394 e. The van der Waals surface area contributed by atoms with Crippen molar-refractivity contribution in [2.75, 3.05) is 26.7 Å². The summed E-state index contributed by atoms with van der Waals surface area (Å²) in [5.41, 5.74) is -0.385. The Morgan fingerprint density at radius 3 is 2.46 bits per heavy atom. The first-order valence-electron chi connectivity index (χ1n) is 4.53. The van der Waals surface area contributed by atoms with Crippen molar-refractivity contribution < 1.29 is 9.90 Å². The smallest absolute Gasteiger partial charge is 0.236 e. The monoisotopic (exact) mass is 188 g/mol. The van der Waals surface area contributed by atoms with Gasteiger partial charge in [-0.25, -0.2) is 0 Å². The van der Waals surface area contributed by atoms with Gasteiger partial charge < -0.3 is 15.3 Å². The number of carbonyl (C=O) groups is 1. The summed E-state index contributed by atoms with van der Waals surface area (Å²) in [7, 11) is 1.76. The Kier molecular flexibility index (Phi) is 4.95. The minimum atomic E-state index is -0.385. The topological polar surface area (TPSA) is 52.6 Å². The molecule has 1 amide bonds. The van der Waals surface area contributed by atoms with Crippen molar-refractivity contribution in [3.63, 3.8) is 0 Å². The van der Waals surface area contributed by atoms with E-state index in [-0.39, 0.29) is 24.6 Å². The third-order valence-corrected chi connectivity index (χ3v) is 2.01. The van der Waals surface area contributed by atoms with E-state index in [1.54, 1.807) is 11.9 Å². The molecule has 0 aliphatic rings. The van der Waals surface area contributed by atoms with Crippen molar-refractivity contribution in [3.05, 3.63) is 0 Å². The van der Waals surface area contributed by atoms with Crippen molar-refractivity contribution in [1.29, 1.82) is 0 Å². The van der Waals surface area contributed by atoms with Gasteiger partial charge in [-0.3, -0.25) is 4.79 Å². The Hall–Kier alpha value is -0.610. The second-order valence-corrected chi connectivity index (χ2v) is 3.80. The van der Waals surface area contributed by atoms with Gasteiger partial charge in [0.2, 0.25) is 5.91 Å². The Morgan fingerprint density at radius 1 is 1.54 bits per heavy atom. The number of amides is 1. The number of aliphatic hydroxyl groups is 1. The van der Waals surface area contributed by atoms with Gasteiger partial charge in [0.25, 0.3) is 0 Å². The molecule has 0 saturated heterocycles. The lowest BCUT2D eigenvalue weighted by molar-refractivity contribution is -0.129. The highest BCUT2D eigenvalue weighted by atomic mass is 16.3. The first-order chi connectivity index (χ1) is 5.93. The van der Waals surface area contributed by atoms with Crippen LogP contribution in [0.25, 0.3) is 0 Å². The van der Waals surface area contributed by atoms with Crippen LogP contribution in [0.1, 0.15) is 20.8 Å². The first-order valence-corrected chi connectivity index (χ1v) is 4.53. The molecule has 0 saturated carbocycles. The molecule has 0 bridgehead atoms. The number of nitrogens with one attached hydrogen (secondary N) is 1. The van der Waals surface area contributed by atoms with Crippen LogP contribution in [0.2, 0.25) is 0 Å². The van der Waals surface area contributed by atoms with Crippen molar-refractivity contribution >= 4 is 5.91 Å². The summed E-state index contributed by atoms with van der Waals surface area (Å²) in [6, 6.07) is 0. The molecule has 0 aliphatic heterocycles. The predicted molar refractivity (Wildman–Crippen MR) is 52.5 cm³/mol. The molecule has 0 aromatic heterocycles. The summed E-state index contributed by atoms with van der Waals surface area (Å²) in [4.78, 5) is 13.0. The molecule has 0 radical (unpaired) electrons. The molecular weight excluding hydrogens is 168 g/mol. The summed E-state index contributed by atoms with van der Waals surface area (Å²) in [6.07, 6.45) is 0.